The quantitative estimate of drug-likeness (QED) is 0.769. The first-order chi connectivity index (χ1) is 7.54. The molecule has 1 fully saturated rings. The Hall–Kier alpha value is -0.570. The zero-order valence-corrected chi connectivity index (χ0v) is 11.0. The van der Waals surface area contributed by atoms with Crippen LogP contribution in [0.3, 0.4) is 0 Å². The monoisotopic (exact) mass is 226 g/mol. The molecule has 16 heavy (non-hydrogen) atoms. The largest absolute Gasteiger partial charge is 0.352 e. The number of nitrogens with one attached hydrogen (secondary N) is 2. The highest BCUT2D eigenvalue weighted by Gasteiger charge is 2.25. The molecule has 1 aliphatic rings. The van der Waals surface area contributed by atoms with E-state index < -0.39 is 0 Å². The minimum Gasteiger partial charge on any atom is -0.352 e. The van der Waals surface area contributed by atoms with E-state index in [1.54, 1.807) is 0 Å². The summed E-state index contributed by atoms with van der Waals surface area (Å²) in [7, 11) is 0. The van der Waals surface area contributed by atoms with E-state index in [2.05, 4.69) is 38.3 Å². The maximum atomic E-state index is 12.0. The van der Waals surface area contributed by atoms with Gasteiger partial charge < -0.3 is 10.6 Å². The van der Waals surface area contributed by atoms with Gasteiger partial charge >= 0.3 is 0 Å². The van der Waals surface area contributed by atoms with Gasteiger partial charge in [-0.15, -0.1) is 0 Å². The van der Waals surface area contributed by atoms with Gasteiger partial charge in [0.1, 0.15) is 0 Å². The molecule has 4 unspecified atom stereocenters. The highest BCUT2D eigenvalue weighted by Crippen LogP contribution is 2.15. The highest BCUT2D eigenvalue weighted by molar-refractivity contribution is 5.82. The van der Waals surface area contributed by atoms with Crippen molar-refractivity contribution < 1.29 is 4.79 Å². The van der Waals surface area contributed by atoms with Gasteiger partial charge in [0.05, 0.1) is 6.04 Å². The summed E-state index contributed by atoms with van der Waals surface area (Å²) in [6.45, 7) is 9.63. The van der Waals surface area contributed by atoms with Crippen molar-refractivity contribution in [3.63, 3.8) is 0 Å². The Morgan fingerprint density at radius 3 is 2.75 bits per heavy atom. The van der Waals surface area contributed by atoms with E-state index in [4.69, 9.17) is 0 Å². The molecule has 2 N–H and O–H groups in total. The number of amides is 1. The van der Waals surface area contributed by atoms with Crippen molar-refractivity contribution >= 4 is 5.91 Å². The molecule has 0 spiro atoms. The maximum Gasteiger partial charge on any atom is 0.237 e. The molecule has 1 aliphatic heterocycles. The third-order valence-electron chi connectivity index (χ3n) is 3.85. The Kier molecular flexibility index (Phi) is 5.26. The molecule has 0 saturated carbocycles. The Labute approximate surface area is 99.4 Å². The van der Waals surface area contributed by atoms with Crippen LogP contribution in [0.25, 0.3) is 0 Å². The van der Waals surface area contributed by atoms with Crippen LogP contribution in [0.2, 0.25) is 0 Å². The van der Waals surface area contributed by atoms with Crippen LogP contribution < -0.4 is 10.6 Å². The molecule has 1 amide bonds. The van der Waals surface area contributed by atoms with Crippen LogP contribution in [0, 0.1) is 11.8 Å². The molecular formula is C13H26N2O. The fraction of sp³-hybridized carbons (Fsp3) is 0.923. The molecule has 94 valence electrons. The fourth-order valence-corrected chi connectivity index (χ4v) is 2.13. The molecule has 3 nitrogen and oxygen atoms in total. The minimum absolute atomic E-state index is 0.0234. The van der Waals surface area contributed by atoms with E-state index in [0.29, 0.717) is 11.8 Å². The van der Waals surface area contributed by atoms with Gasteiger partial charge in [-0.1, -0.05) is 27.2 Å². The summed E-state index contributed by atoms with van der Waals surface area (Å²) in [4.78, 5) is 12.0. The molecule has 1 rings (SSSR count). The van der Waals surface area contributed by atoms with Crippen molar-refractivity contribution in [3.8, 4) is 0 Å². The number of hydrogen-bond acceptors (Lipinski definition) is 2. The number of rotatable bonds is 4. The Morgan fingerprint density at radius 1 is 1.50 bits per heavy atom. The lowest BCUT2D eigenvalue weighted by Gasteiger charge is -2.29. The predicted molar refractivity (Wildman–Crippen MR) is 67.2 cm³/mol. The van der Waals surface area contributed by atoms with Crippen LogP contribution in [-0.4, -0.2) is 24.5 Å². The van der Waals surface area contributed by atoms with E-state index >= 15 is 0 Å². The van der Waals surface area contributed by atoms with Gasteiger partial charge in [0.25, 0.3) is 0 Å². The van der Waals surface area contributed by atoms with E-state index in [1.807, 2.05) is 0 Å². The smallest absolute Gasteiger partial charge is 0.237 e. The van der Waals surface area contributed by atoms with Crippen LogP contribution in [0.4, 0.5) is 0 Å². The normalized spacial score (nSPS) is 29.5. The molecule has 1 heterocycles. The summed E-state index contributed by atoms with van der Waals surface area (Å²) in [5.41, 5.74) is 0. The molecular weight excluding hydrogens is 200 g/mol. The van der Waals surface area contributed by atoms with Crippen LogP contribution in [0.1, 0.15) is 47.0 Å². The van der Waals surface area contributed by atoms with Gasteiger partial charge in [0, 0.05) is 6.04 Å². The molecule has 3 heteroatoms. The minimum atomic E-state index is 0.0234. The van der Waals surface area contributed by atoms with Gasteiger partial charge in [-0.25, -0.2) is 0 Å². The topological polar surface area (TPSA) is 41.1 Å². The lowest BCUT2D eigenvalue weighted by molar-refractivity contribution is -0.125. The summed E-state index contributed by atoms with van der Waals surface area (Å²) in [6.07, 6.45) is 3.26. The van der Waals surface area contributed by atoms with Crippen molar-refractivity contribution in [1.82, 2.24) is 10.6 Å². The van der Waals surface area contributed by atoms with E-state index in [9.17, 15) is 4.79 Å². The van der Waals surface area contributed by atoms with Gasteiger partial charge in [-0.05, 0) is 38.1 Å². The number of hydrogen-bond donors (Lipinski definition) is 2. The molecule has 4 atom stereocenters. The third kappa shape index (κ3) is 3.78. The van der Waals surface area contributed by atoms with Crippen molar-refractivity contribution in [2.45, 2.75) is 59.0 Å². The van der Waals surface area contributed by atoms with Crippen LogP contribution in [0.5, 0.6) is 0 Å². The van der Waals surface area contributed by atoms with Gasteiger partial charge in [-0.3, -0.25) is 4.79 Å². The zero-order valence-electron chi connectivity index (χ0n) is 11.0. The maximum absolute atomic E-state index is 12.0. The van der Waals surface area contributed by atoms with Crippen LogP contribution in [-0.2, 0) is 4.79 Å². The average Bonchev–Trinajstić information content (AvgIpc) is 2.27. The van der Waals surface area contributed by atoms with E-state index in [1.165, 1.54) is 6.42 Å². The lowest BCUT2D eigenvalue weighted by Crippen LogP contribution is -2.51. The van der Waals surface area contributed by atoms with Crippen molar-refractivity contribution in [3.05, 3.63) is 0 Å². The average molecular weight is 226 g/mol. The molecule has 0 bridgehead atoms. The molecule has 0 aromatic heterocycles. The number of carbonyl (C=O) groups is 1. The number of carbonyl (C=O) groups excluding carboxylic acids is 1. The summed E-state index contributed by atoms with van der Waals surface area (Å²) in [5, 5.41) is 6.42. The van der Waals surface area contributed by atoms with Gasteiger partial charge in [0.15, 0.2) is 0 Å². The van der Waals surface area contributed by atoms with Crippen LogP contribution in [0.15, 0.2) is 0 Å². The predicted octanol–water partition coefficient (Wildman–Crippen LogP) is 1.93. The van der Waals surface area contributed by atoms with Gasteiger partial charge in [-0.2, -0.15) is 0 Å². The van der Waals surface area contributed by atoms with Gasteiger partial charge in [0.2, 0.25) is 5.91 Å². The van der Waals surface area contributed by atoms with E-state index in [0.717, 1.165) is 19.4 Å². The second-order valence-corrected chi connectivity index (χ2v) is 5.32. The zero-order chi connectivity index (χ0) is 12.1. The third-order valence-corrected chi connectivity index (χ3v) is 3.85. The number of piperidine rings is 1. The Morgan fingerprint density at radius 2 is 2.19 bits per heavy atom. The molecule has 0 radical (unpaired) electrons. The molecule has 0 aliphatic carbocycles. The standard InChI is InChI=1S/C13H26N2O/c1-5-10(3)11(4)15-13(16)12-8-9(2)6-7-14-12/h9-12,14H,5-8H2,1-4H3,(H,15,16). The Bertz CT molecular complexity index is 230. The second-order valence-electron chi connectivity index (χ2n) is 5.32. The lowest BCUT2D eigenvalue weighted by atomic mass is 9.93. The SMILES string of the molecule is CCC(C)C(C)NC(=O)C1CC(C)CCN1. The molecule has 0 aromatic carbocycles. The molecule has 0 aromatic rings. The highest BCUT2D eigenvalue weighted by atomic mass is 16.2. The first kappa shape index (κ1) is 13.5. The van der Waals surface area contributed by atoms with Crippen molar-refractivity contribution in [2.75, 3.05) is 6.54 Å². The van der Waals surface area contributed by atoms with E-state index in [-0.39, 0.29) is 18.0 Å². The molecule has 1 saturated heterocycles. The second kappa shape index (κ2) is 6.24. The van der Waals surface area contributed by atoms with Crippen molar-refractivity contribution in [2.24, 2.45) is 11.8 Å². The summed E-state index contributed by atoms with van der Waals surface area (Å²) in [5.74, 6) is 1.39. The van der Waals surface area contributed by atoms with Crippen LogP contribution >= 0.6 is 0 Å². The first-order valence-electron chi connectivity index (χ1n) is 6.58. The van der Waals surface area contributed by atoms with Crippen molar-refractivity contribution in [1.29, 1.82) is 0 Å². The summed E-state index contributed by atoms with van der Waals surface area (Å²) >= 11 is 0. The first-order valence-corrected chi connectivity index (χ1v) is 6.58. The summed E-state index contributed by atoms with van der Waals surface area (Å²) in [6, 6.07) is 0.298. The Balaban J connectivity index is 2.39. The summed E-state index contributed by atoms with van der Waals surface area (Å²) < 4.78 is 0. The fourth-order valence-electron chi connectivity index (χ4n) is 2.13.